The van der Waals surface area contributed by atoms with Crippen LogP contribution in [0.2, 0.25) is 0 Å². The Morgan fingerprint density at radius 3 is 2.24 bits per heavy atom. The van der Waals surface area contributed by atoms with Crippen molar-refractivity contribution in [1.29, 1.82) is 0 Å². The normalized spacial score (nSPS) is 10.7. The molecule has 2 nitrogen and oxygen atoms in total. The van der Waals surface area contributed by atoms with E-state index in [2.05, 4.69) is 32.9 Å². The van der Waals surface area contributed by atoms with E-state index in [0.717, 1.165) is 16.7 Å². The zero-order chi connectivity index (χ0) is 15.4. The fourth-order valence-electron chi connectivity index (χ4n) is 2.31. The summed E-state index contributed by atoms with van der Waals surface area (Å²) in [6.45, 7) is 8.87. The largest absolute Gasteiger partial charge is 0.332 e. The van der Waals surface area contributed by atoms with Crippen LogP contribution in [0.25, 0.3) is 0 Å². The Morgan fingerprint density at radius 2 is 1.67 bits per heavy atom. The molecule has 0 unspecified atom stereocenters. The van der Waals surface area contributed by atoms with Gasteiger partial charge in [0, 0.05) is 18.2 Å². The number of carbonyl (C=O) groups excluding carboxylic acids is 1. The first-order valence-corrected chi connectivity index (χ1v) is 7.41. The molecule has 0 saturated carbocycles. The first-order chi connectivity index (χ1) is 9.99. The number of nitrogens with zero attached hydrogens (tertiary/aromatic N) is 1. The van der Waals surface area contributed by atoms with Gasteiger partial charge < -0.3 is 4.90 Å². The predicted molar refractivity (Wildman–Crippen MR) is 87.4 cm³/mol. The van der Waals surface area contributed by atoms with Crippen molar-refractivity contribution in [3.8, 4) is 0 Å². The van der Waals surface area contributed by atoms with Gasteiger partial charge in [-0.25, -0.2) is 0 Å². The van der Waals surface area contributed by atoms with Gasteiger partial charge in [0.05, 0.1) is 0 Å². The summed E-state index contributed by atoms with van der Waals surface area (Å²) in [6.07, 6.45) is 0. The van der Waals surface area contributed by atoms with Crippen LogP contribution >= 0.6 is 0 Å². The molecule has 2 aromatic rings. The molecular weight excluding hydrogens is 258 g/mol. The summed E-state index contributed by atoms with van der Waals surface area (Å²) in [5, 5.41) is 0. The number of hydrogen-bond donors (Lipinski definition) is 0. The van der Waals surface area contributed by atoms with E-state index in [1.807, 2.05) is 48.2 Å². The van der Waals surface area contributed by atoms with Gasteiger partial charge in [0.2, 0.25) is 0 Å². The molecule has 0 heterocycles. The average Bonchev–Trinajstić information content (AvgIpc) is 2.47. The van der Waals surface area contributed by atoms with Crippen molar-refractivity contribution in [2.75, 3.05) is 0 Å². The van der Waals surface area contributed by atoms with Crippen LogP contribution in [0.4, 0.5) is 0 Å². The monoisotopic (exact) mass is 281 g/mol. The fourth-order valence-corrected chi connectivity index (χ4v) is 2.31. The Hall–Kier alpha value is -2.09. The van der Waals surface area contributed by atoms with E-state index >= 15 is 0 Å². The van der Waals surface area contributed by atoms with Crippen molar-refractivity contribution in [2.45, 2.75) is 40.3 Å². The number of amides is 1. The molecule has 0 spiro atoms. The van der Waals surface area contributed by atoms with E-state index in [0.29, 0.717) is 6.54 Å². The third kappa shape index (κ3) is 3.72. The Balaban J connectivity index is 2.25. The molecule has 0 radical (unpaired) electrons. The van der Waals surface area contributed by atoms with Crippen LogP contribution < -0.4 is 0 Å². The fraction of sp³-hybridized carbons (Fsp3) is 0.316. The van der Waals surface area contributed by atoms with Crippen LogP contribution in [-0.4, -0.2) is 16.8 Å². The summed E-state index contributed by atoms with van der Waals surface area (Å²) < 4.78 is 0. The predicted octanol–water partition coefficient (Wildman–Crippen LogP) is 4.35. The minimum atomic E-state index is 0.0944. The highest BCUT2D eigenvalue weighted by Gasteiger charge is 2.19. The maximum absolute atomic E-state index is 12.8. The Kier molecular flexibility index (Phi) is 4.79. The molecule has 21 heavy (non-hydrogen) atoms. The van der Waals surface area contributed by atoms with Crippen LogP contribution in [-0.2, 0) is 6.54 Å². The summed E-state index contributed by atoms with van der Waals surface area (Å²) in [4.78, 5) is 14.7. The molecule has 0 aliphatic rings. The second-order valence-corrected chi connectivity index (χ2v) is 5.81. The molecule has 2 heteroatoms. The van der Waals surface area contributed by atoms with Gasteiger partial charge in [0.25, 0.3) is 5.91 Å². The summed E-state index contributed by atoms with van der Waals surface area (Å²) >= 11 is 0. The zero-order valence-electron chi connectivity index (χ0n) is 13.3. The molecule has 0 aliphatic heterocycles. The molecule has 1 amide bonds. The number of hydrogen-bond acceptors (Lipinski definition) is 1. The Bertz CT molecular complexity index is 617. The molecule has 0 fully saturated rings. The van der Waals surface area contributed by atoms with E-state index < -0.39 is 0 Å². The summed E-state index contributed by atoms with van der Waals surface area (Å²) in [5.41, 5.74) is 4.29. The lowest BCUT2D eigenvalue weighted by atomic mass is 10.0. The number of rotatable bonds is 4. The van der Waals surface area contributed by atoms with Crippen molar-refractivity contribution < 1.29 is 4.79 Å². The average molecular weight is 281 g/mol. The summed E-state index contributed by atoms with van der Waals surface area (Å²) in [7, 11) is 0. The van der Waals surface area contributed by atoms with Crippen LogP contribution in [0.15, 0.2) is 48.5 Å². The van der Waals surface area contributed by atoms with Gasteiger partial charge in [0.15, 0.2) is 0 Å². The molecule has 0 saturated heterocycles. The second kappa shape index (κ2) is 6.57. The van der Waals surface area contributed by atoms with Gasteiger partial charge in [-0.1, -0.05) is 36.4 Å². The summed E-state index contributed by atoms with van der Waals surface area (Å²) in [6, 6.07) is 16.2. The van der Waals surface area contributed by atoms with Crippen LogP contribution in [0.1, 0.15) is 40.9 Å². The molecule has 0 aromatic heterocycles. The molecule has 0 atom stereocenters. The Morgan fingerprint density at radius 1 is 1.00 bits per heavy atom. The molecule has 0 bridgehead atoms. The highest BCUT2D eigenvalue weighted by atomic mass is 16.2. The third-order valence-electron chi connectivity index (χ3n) is 3.83. The molecule has 2 rings (SSSR count). The Labute approximate surface area is 127 Å². The van der Waals surface area contributed by atoms with Crippen LogP contribution in [0.5, 0.6) is 0 Å². The maximum atomic E-state index is 12.8. The van der Waals surface area contributed by atoms with Crippen LogP contribution in [0.3, 0.4) is 0 Å². The van der Waals surface area contributed by atoms with Crippen LogP contribution in [0, 0.1) is 13.8 Å². The summed E-state index contributed by atoms with van der Waals surface area (Å²) in [5.74, 6) is 0.0944. The van der Waals surface area contributed by atoms with Gasteiger partial charge >= 0.3 is 0 Å². The molecular formula is C19H23NO. The van der Waals surface area contributed by atoms with E-state index in [-0.39, 0.29) is 11.9 Å². The van der Waals surface area contributed by atoms with E-state index in [9.17, 15) is 4.79 Å². The molecule has 110 valence electrons. The number of carbonyl (C=O) groups is 1. The molecule has 0 N–H and O–H groups in total. The quantitative estimate of drug-likeness (QED) is 0.815. The third-order valence-corrected chi connectivity index (χ3v) is 3.83. The van der Waals surface area contributed by atoms with Crippen molar-refractivity contribution in [2.24, 2.45) is 0 Å². The van der Waals surface area contributed by atoms with Gasteiger partial charge in [-0.05, 0) is 56.5 Å². The van der Waals surface area contributed by atoms with E-state index in [4.69, 9.17) is 0 Å². The van der Waals surface area contributed by atoms with Gasteiger partial charge in [-0.15, -0.1) is 0 Å². The zero-order valence-corrected chi connectivity index (χ0v) is 13.3. The number of benzene rings is 2. The van der Waals surface area contributed by atoms with Crippen molar-refractivity contribution in [1.82, 2.24) is 4.90 Å². The van der Waals surface area contributed by atoms with Gasteiger partial charge in [-0.2, -0.15) is 0 Å². The highest BCUT2D eigenvalue weighted by molar-refractivity contribution is 5.94. The van der Waals surface area contributed by atoms with Crippen molar-refractivity contribution in [3.63, 3.8) is 0 Å². The lowest BCUT2D eigenvalue weighted by Gasteiger charge is -2.27. The topological polar surface area (TPSA) is 20.3 Å². The first kappa shape index (κ1) is 15.3. The maximum Gasteiger partial charge on any atom is 0.254 e. The van der Waals surface area contributed by atoms with Gasteiger partial charge in [0.1, 0.15) is 0 Å². The van der Waals surface area contributed by atoms with Crippen molar-refractivity contribution in [3.05, 3.63) is 70.8 Å². The van der Waals surface area contributed by atoms with E-state index in [1.165, 1.54) is 5.56 Å². The number of aryl methyl sites for hydroxylation is 2. The first-order valence-electron chi connectivity index (χ1n) is 7.41. The SMILES string of the molecule is Cc1ccc(C(=O)N(Cc2ccccc2)C(C)C)cc1C. The lowest BCUT2D eigenvalue weighted by molar-refractivity contribution is 0.0690. The van der Waals surface area contributed by atoms with Crippen molar-refractivity contribution >= 4 is 5.91 Å². The second-order valence-electron chi connectivity index (χ2n) is 5.81. The smallest absolute Gasteiger partial charge is 0.254 e. The lowest BCUT2D eigenvalue weighted by Crippen LogP contribution is -2.36. The van der Waals surface area contributed by atoms with E-state index in [1.54, 1.807) is 0 Å². The standard InChI is InChI=1S/C19H23NO/c1-14(2)20(13-17-8-6-5-7-9-17)19(21)18-11-10-15(3)16(4)12-18/h5-12,14H,13H2,1-4H3. The molecule has 0 aliphatic carbocycles. The minimum Gasteiger partial charge on any atom is -0.332 e. The minimum absolute atomic E-state index is 0.0944. The highest BCUT2D eigenvalue weighted by Crippen LogP contribution is 2.16. The van der Waals surface area contributed by atoms with Gasteiger partial charge in [-0.3, -0.25) is 4.79 Å². The molecule has 2 aromatic carbocycles.